The lowest BCUT2D eigenvalue weighted by Crippen LogP contribution is -2.33. The molecule has 1 saturated heterocycles. The maximum Gasteiger partial charge on any atom is 0.130 e. The molecule has 0 aliphatic carbocycles. The number of rotatable bonds is 5. The average Bonchev–Trinajstić information content (AvgIpc) is 3.09. The lowest BCUT2D eigenvalue weighted by atomic mass is 10.1. The molecule has 4 nitrogen and oxygen atoms in total. The van der Waals surface area contributed by atoms with Gasteiger partial charge in [0.15, 0.2) is 0 Å². The second kappa shape index (κ2) is 8.34. The highest BCUT2D eigenvalue weighted by molar-refractivity contribution is 9.13. The second-order valence-electron chi connectivity index (χ2n) is 6.16. The van der Waals surface area contributed by atoms with Crippen molar-refractivity contribution in [2.24, 2.45) is 4.99 Å². The van der Waals surface area contributed by atoms with Crippen molar-refractivity contribution in [1.82, 2.24) is 10.4 Å². The fourth-order valence-corrected chi connectivity index (χ4v) is 3.32. The van der Waals surface area contributed by atoms with E-state index in [0.717, 1.165) is 50.3 Å². The quantitative estimate of drug-likeness (QED) is 0.441. The molecule has 6 heteroatoms. The van der Waals surface area contributed by atoms with Gasteiger partial charge in [0.25, 0.3) is 0 Å². The zero-order chi connectivity index (χ0) is 17.8. The molecule has 0 bridgehead atoms. The lowest BCUT2D eigenvalue weighted by Gasteiger charge is -2.14. The summed E-state index contributed by atoms with van der Waals surface area (Å²) in [4.78, 5) is 4.56. The monoisotopic (exact) mass is 465 g/mol. The third kappa shape index (κ3) is 4.84. The maximum atomic E-state index is 6.04. The van der Waals surface area contributed by atoms with Gasteiger partial charge in [-0.05, 0) is 100 Å². The van der Waals surface area contributed by atoms with E-state index in [0.29, 0.717) is 0 Å². The van der Waals surface area contributed by atoms with Crippen molar-refractivity contribution >= 4 is 43.9 Å². The molecule has 0 radical (unpaired) electrons. The van der Waals surface area contributed by atoms with E-state index in [1.807, 2.05) is 38.1 Å². The van der Waals surface area contributed by atoms with Gasteiger partial charge in [-0.25, -0.2) is 10.0 Å². The molecule has 1 heterocycles. The Morgan fingerprint density at radius 1 is 1.04 bits per heavy atom. The molecule has 0 atom stereocenters. The van der Waals surface area contributed by atoms with Gasteiger partial charge in [-0.1, -0.05) is 0 Å². The summed E-state index contributed by atoms with van der Waals surface area (Å²) >= 11 is 6.97. The van der Waals surface area contributed by atoms with E-state index in [9.17, 15) is 0 Å². The maximum absolute atomic E-state index is 6.04. The van der Waals surface area contributed by atoms with Crippen molar-refractivity contribution < 1.29 is 4.74 Å². The number of ether oxygens (including phenoxy) is 1. The van der Waals surface area contributed by atoms with Crippen LogP contribution in [0.5, 0.6) is 11.5 Å². The molecule has 1 aliphatic rings. The first kappa shape index (κ1) is 18.4. The molecular formula is C19H21Br2N3O. The van der Waals surface area contributed by atoms with Gasteiger partial charge in [0.1, 0.15) is 17.8 Å². The zero-order valence-corrected chi connectivity index (χ0v) is 17.5. The molecule has 132 valence electrons. The number of halogens is 2. The summed E-state index contributed by atoms with van der Waals surface area (Å²) in [6.07, 6.45) is 4.27. The molecule has 0 spiro atoms. The Morgan fingerprint density at radius 3 is 2.52 bits per heavy atom. The largest absolute Gasteiger partial charge is 0.457 e. The Kier molecular flexibility index (Phi) is 6.15. The molecule has 25 heavy (non-hydrogen) atoms. The van der Waals surface area contributed by atoms with E-state index in [1.54, 1.807) is 6.34 Å². The molecule has 0 unspecified atom stereocenters. The molecule has 3 rings (SSSR count). The second-order valence-corrected chi connectivity index (χ2v) is 7.87. The predicted molar refractivity (Wildman–Crippen MR) is 110 cm³/mol. The van der Waals surface area contributed by atoms with Gasteiger partial charge < -0.3 is 10.2 Å². The first-order valence-corrected chi connectivity index (χ1v) is 9.89. The third-order valence-electron chi connectivity index (χ3n) is 4.16. The van der Waals surface area contributed by atoms with Crippen LogP contribution in [-0.2, 0) is 0 Å². The number of hydrazine groups is 1. The van der Waals surface area contributed by atoms with Crippen LogP contribution >= 0.6 is 31.9 Å². The minimum absolute atomic E-state index is 0.796. The van der Waals surface area contributed by atoms with Crippen LogP contribution in [0.1, 0.15) is 24.0 Å². The predicted octanol–water partition coefficient (Wildman–Crippen LogP) is 5.88. The molecule has 0 amide bonds. The number of hydrogen-bond donors (Lipinski definition) is 1. The topological polar surface area (TPSA) is 36.9 Å². The Hall–Kier alpha value is -1.37. The van der Waals surface area contributed by atoms with Crippen molar-refractivity contribution in [2.45, 2.75) is 26.7 Å². The standard InChI is InChI=1S/C19H21Br2N3O/c1-13-10-19(25-15-5-6-16(20)17(21)11-15)14(2)9-18(13)22-12-23-24-7-3-4-8-24/h5-6,9-12H,3-4,7-8H2,1-2H3,(H,22,23). The Bertz CT molecular complexity index is 786. The number of benzene rings is 2. The summed E-state index contributed by atoms with van der Waals surface area (Å²) in [7, 11) is 0. The number of nitrogens with one attached hydrogen (secondary N) is 1. The molecule has 1 N–H and O–H groups in total. The molecule has 0 saturated carbocycles. The van der Waals surface area contributed by atoms with Gasteiger partial charge >= 0.3 is 0 Å². The van der Waals surface area contributed by atoms with Crippen molar-refractivity contribution in [3.05, 3.63) is 50.4 Å². The molecule has 1 aliphatic heterocycles. The minimum Gasteiger partial charge on any atom is -0.457 e. The lowest BCUT2D eigenvalue weighted by molar-refractivity contribution is 0.300. The first-order valence-electron chi connectivity index (χ1n) is 8.31. The summed E-state index contributed by atoms with van der Waals surface area (Å²) in [5.41, 5.74) is 6.33. The number of aryl methyl sites for hydroxylation is 2. The van der Waals surface area contributed by atoms with Crippen LogP contribution in [0.4, 0.5) is 5.69 Å². The number of nitrogens with zero attached hydrogens (tertiary/aromatic N) is 2. The average molecular weight is 467 g/mol. The number of aliphatic imine (C=N–C) groups is 1. The molecule has 2 aromatic rings. The van der Waals surface area contributed by atoms with Gasteiger partial charge in [-0.3, -0.25) is 0 Å². The zero-order valence-electron chi connectivity index (χ0n) is 14.4. The van der Waals surface area contributed by atoms with E-state index in [2.05, 4.69) is 53.4 Å². The molecule has 1 fully saturated rings. The highest BCUT2D eigenvalue weighted by atomic mass is 79.9. The van der Waals surface area contributed by atoms with Crippen LogP contribution in [-0.4, -0.2) is 24.4 Å². The highest BCUT2D eigenvalue weighted by Gasteiger charge is 2.10. The van der Waals surface area contributed by atoms with Gasteiger partial charge in [0, 0.05) is 22.0 Å². The molecule has 2 aromatic carbocycles. The van der Waals surface area contributed by atoms with Crippen LogP contribution in [0.25, 0.3) is 0 Å². The van der Waals surface area contributed by atoms with Gasteiger partial charge in [-0.15, -0.1) is 0 Å². The van der Waals surface area contributed by atoms with Gasteiger partial charge in [-0.2, -0.15) is 0 Å². The molecular weight excluding hydrogens is 446 g/mol. The fourth-order valence-electron chi connectivity index (χ4n) is 2.72. The molecule has 0 aromatic heterocycles. The van der Waals surface area contributed by atoms with Gasteiger partial charge in [0.2, 0.25) is 0 Å². The van der Waals surface area contributed by atoms with Crippen LogP contribution in [0, 0.1) is 13.8 Å². The van der Waals surface area contributed by atoms with E-state index >= 15 is 0 Å². The summed E-state index contributed by atoms with van der Waals surface area (Å²) in [5, 5.41) is 2.19. The summed E-state index contributed by atoms with van der Waals surface area (Å²) < 4.78 is 8.01. The minimum atomic E-state index is 0.796. The number of hydrogen-bond acceptors (Lipinski definition) is 3. The fraction of sp³-hybridized carbons (Fsp3) is 0.316. The van der Waals surface area contributed by atoms with Crippen LogP contribution < -0.4 is 10.2 Å². The van der Waals surface area contributed by atoms with Crippen LogP contribution in [0.2, 0.25) is 0 Å². The van der Waals surface area contributed by atoms with E-state index in [1.165, 1.54) is 12.8 Å². The van der Waals surface area contributed by atoms with Crippen molar-refractivity contribution in [1.29, 1.82) is 0 Å². The normalized spacial score (nSPS) is 15.0. The Balaban J connectivity index is 1.72. The van der Waals surface area contributed by atoms with E-state index in [4.69, 9.17) is 4.74 Å². The van der Waals surface area contributed by atoms with Crippen molar-refractivity contribution in [2.75, 3.05) is 13.1 Å². The summed E-state index contributed by atoms with van der Waals surface area (Å²) in [5.74, 6) is 1.64. The Morgan fingerprint density at radius 2 is 1.80 bits per heavy atom. The smallest absolute Gasteiger partial charge is 0.130 e. The SMILES string of the molecule is Cc1cc(Oc2ccc(Br)c(Br)c2)c(C)cc1/N=C/NN1CCCC1. The van der Waals surface area contributed by atoms with E-state index < -0.39 is 0 Å². The van der Waals surface area contributed by atoms with Crippen LogP contribution in [0.3, 0.4) is 0 Å². The third-order valence-corrected chi connectivity index (χ3v) is 6.04. The van der Waals surface area contributed by atoms with Crippen molar-refractivity contribution in [3.63, 3.8) is 0 Å². The Labute approximate surface area is 165 Å². The van der Waals surface area contributed by atoms with Gasteiger partial charge in [0.05, 0.1) is 5.69 Å². The van der Waals surface area contributed by atoms with E-state index in [-0.39, 0.29) is 0 Å². The first-order chi connectivity index (χ1) is 12.0. The van der Waals surface area contributed by atoms with Crippen LogP contribution in [0.15, 0.2) is 44.3 Å². The summed E-state index contributed by atoms with van der Waals surface area (Å²) in [6.45, 7) is 6.25. The summed E-state index contributed by atoms with van der Waals surface area (Å²) in [6, 6.07) is 9.94. The van der Waals surface area contributed by atoms with Crippen molar-refractivity contribution in [3.8, 4) is 11.5 Å². The highest BCUT2D eigenvalue weighted by Crippen LogP contribution is 2.34.